The lowest BCUT2D eigenvalue weighted by atomic mass is 10.0. The number of methoxy groups -OCH3 is 1. The van der Waals surface area contributed by atoms with Gasteiger partial charge in [-0.05, 0) is 18.6 Å². The van der Waals surface area contributed by atoms with Crippen molar-refractivity contribution in [2.45, 2.75) is 25.9 Å². The zero-order valence-corrected chi connectivity index (χ0v) is 16.6. The molecule has 0 aromatic heterocycles. The summed E-state index contributed by atoms with van der Waals surface area (Å²) in [6.45, 7) is 1.74. The highest BCUT2D eigenvalue weighted by Gasteiger charge is 2.42. The van der Waals surface area contributed by atoms with Gasteiger partial charge in [-0.2, -0.15) is 13.2 Å². The molecule has 0 fully saturated rings. The number of esters is 1. The fourth-order valence-electron chi connectivity index (χ4n) is 2.81. The van der Waals surface area contributed by atoms with Crippen LogP contribution in [0.1, 0.15) is 23.6 Å². The van der Waals surface area contributed by atoms with Crippen molar-refractivity contribution in [2.75, 3.05) is 19.0 Å². The van der Waals surface area contributed by atoms with Crippen LogP contribution in [0, 0.1) is 23.3 Å². The Kier molecular flexibility index (Phi) is 7.70. The molecule has 0 aliphatic carbocycles. The maximum Gasteiger partial charge on any atom is 0.422 e. The van der Waals surface area contributed by atoms with E-state index in [1.165, 1.54) is 30.6 Å². The van der Waals surface area contributed by atoms with Crippen molar-refractivity contribution in [3.05, 3.63) is 58.2 Å². The van der Waals surface area contributed by atoms with Crippen molar-refractivity contribution in [3.8, 4) is 5.75 Å². The minimum absolute atomic E-state index is 0.125. The number of benzene rings is 2. The number of anilines is 1. The van der Waals surface area contributed by atoms with Crippen LogP contribution < -0.4 is 10.1 Å². The summed E-state index contributed by atoms with van der Waals surface area (Å²) >= 11 is 0. The third-order valence-electron chi connectivity index (χ3n) is 4.16. The van der Waals surface area contributed by atoms with Gasteiger partial charge in [0.1, 0.15) is 17.0 Å². The van der Waals surface area contributed by atoms with Gasteiger partial charge in [0.25, 0.3) is 0 Å². The fraction of sp³-hybridized carbons (Fsp3) is 0.300. The standard InChI is InChI=1S/C20H16F7NO4/c1-3-32-13(30)7-9-4-5-11(31-2)10(6-9)8-12(29)28-19-17(23)15(21)14(20(25,26)27)16(22)18(19)24/h4-6H,3,7-8H2,1-2H3,(H,28,29). The summed E-state index contributed by atoms with van der Waals surface area (Å²) in [6, 6.07) is 4.25. The van der Waals surface area contributed by atoms with Gasteiger partial charge < -0.3 is 14.8 Å². The Hall–Kier alpha value is -3.31. The van der Waals surface area contributed by atoms with E-state index in [2.05, 4.69) is 0 Å². The zero-order chi connectivity index (χ0) is 24.2. The predicted molar refractivity (Wildman–Crippen MR) is 96.9 cm³/mol. The quantitative estimate of drug-likeness (QED) is 0.369. The second kappa shape index (κ2) is 9.88. The number of hydrogen-bond acceptors (Lipinski definition) is 4. The smallest absolute Gasteiger partial charge is 0.422 e. The molecule has 0 atom stereocenters. The largest absolute Gasteiger partial charge is 0.496 e. The molecule has 0 radical (unpaired) electrons. The summed E-state index contributed by atoms with van der Waals surface area (Å²) < 4.78 is 103. The third-order valence-corrected chi connectivity index (χ3v) is 4.16. The molecule has 2 aromatic carbocycles. The summed E-state index contributed by atoms with van der Waals surface area (Å²) in [4.78, 5) is 23.8. The van der Waals surface area contributed by atoms with Crippen LogP contribution in [0.15, 0.2) is 18.2 Å². The van der Waals surface area contributed by atoms with Crippen molar-refractivity contribution in [1.29, 1.82) is 0 Å². The van der Waals surface area contributed by atoms with Gasteiger partial charge >= 0.3 is 12.1 Å². The van der Waals surface area contributed by atoms with E-state index in [-0.39, 0.29) is 24.3 Å². The van der Waals surface area contributed by atoms with Gasteiger partial charge in [-0.25, -0.2) is 17.6 Å². The topological polar surface area (TPSA) is 64.6 Å². The molecule has 0 saturated heterocycles. The molecule has 174 valence electrons. The number of rotatable bonds is 7. The molecular weight excluding hydrogens is 451 g/mol. The molecule has 0 saturated carbocycles. The van der Waals surface area contributed by atoms with Crippen LogP contribution in [-0.4, -0.2) is 25.6 Å². The minimum Gasteiger partial charge on any atom is -0.496 e. The molecule has 0 unspecified atom stereocenters. The summed E-state index contributed by atoms with van der Waals surface area (Å²) in [5, 5.41) is 1.54. The number of alkyl halides is 3. The maximum atomic E-state index is 14.0. The lowest BCUT2D eigenvalue weighted by molar-refractivity contribution is -0.143. The summed E-state index contributed by atoms with van der Waals surface area (Å²) in [6.07, 6.45) is -6.51. The summed E-state index contributed by atoms with van der Waals surface area (Å²) in [7, 11) is 1.25. The van der Waals surface area contributed by atoms with Crippen molar-refractivity contribution in [2.24, 2.45) is 0 Å². The van der Waals surface area contributed by atoms with E-state index in [4.69, 9.17) is 9.47 Å². The van der Waals surface area contributed by atoms with Gasteiger partial charge in [-0.3, -0.25) is 9.59 Å². The van der Waals surface area contributed by atoms with Gasteiger partial charge in [-0.15, -0.1) is 0 Å². The van der Waals surface area contributed by atoms with E-state index in [0.717, 1.165) is 0 Å². The number of carbonyl (C=O) groups excluding carboxylic acids is 2. The molecule has 0 spiro atoms. The summed E-state index contributed by atoms with van der Waals surface area (Å²) in [5.74, 6) is -11.8. The fourth-order valence-corrected chi connectivity index (χ4v) is 2.81. The van der Waals surface area contributed by atoms with E-state index in [9.17, 15) is 40.3 Å². The Labute approximate surface area is 177 Å². The Morgan fingerprint density at radius 2 is 1.56 bits per heavy atom. The molecule has 5 nitrogen and oxygen atoms in total. The molecule has 0 heterocycles. The second-order valence-electron chi connectivity index (χ2n) is 6.36. The van der Waals surface area contributed by atoms with E-state index >= 15 is 0 Å². The molecular formula is C20H16F7NO4. The number of halogens is 7. The number of ether oxygens (including phenoxy) is 2. The molecule has 2 aromatic rings. The van der Waals surface area contributed by atoms with Crippen LogP contribution >= 0.6 is 0 Å². The van der Waals surface area contributed by atoms with Gasteiger partial charge in [0.2, 0.25) is 5.91 Å². The number of nitrogens with one attached hydrogen (secondary N) is 1. The Morgan fingerprint density at radius 1 is 0.969 bits per heavy atom. The number of amides is 1. The van der Waals surface area contributed by atoms with Crippen LogP contribution in [0.3, 0.4) is 0 Å². The number of hydrogen-bond donors (Lipinski definition) is 1. The highest BCUT2D eigenvalue weighted by atomic mass is 19.4. The van der Waals surface area contributed by atoms with Gasteiger partial charge in [-0.1, -0.05) is 12.1 Å². The van der Waals surface area contributed by atoms with Gasteiger partial charge in [0, 0.05) is 5.56 Å². The first-order valence-corrected chi connectivity index (χ1v) is 8.95. The van der Waals surface area contributed by atoms with Crippen molar-refractivity contribution < 1.29 is 49.8 Å². The van der Waals surface area contributed by atoms with Crippen LogP contribution in [-0.2, 0) is 33.3 Å². The molecule has 1 N–H and O–H groups in total. The molecule has 32 heavy (non-hydrogen) atoms. The van der Waals surface area contributed by atoms with Crippen molar-refractivity contribution in [1.82, 2.24) is 0 Å². The summed E-state index contributed by atoms with van der Waals surface area (Å²) in [5.41, 5.74) is -3.94. The molecule has 2 rings (SSSR count). The lowest BCUT2D eigenvalue weighted by Crippen LogP contribution is -2.21. The van der Waals surface area contributed by atoms with E-state index in [1.54, 1.807) is 6.92 Å². The normalized spacial score (nSPS) is 11.3. The maximum absolute atomic E-state index is 14.0. The predicted octanol–water partition coefficient (Wildman–Crippen LogP) is 4.56. The van der Waals surface area contributed by atoms with Crippen molar-refractivity contribution in [3.63, 3.8) is 0 Å². The van der Waals surface area contributed by atoms with Gasteiger partial charge in [0.05, 0.1) is 26.6 Å². The lowest BCUT2D eigenvalue weighted by Gasteiger charge is -2.15. The van der Waals surface area contributed by atoms with E-state index in [0.29, 0.717) is 5.56 Å². The highest BCUT2D eigenvalue weighted by Crippen LogP contribution is 2.38. The monoisotopic (exact) mass is 467 g/mol. The first-order valence-electron chi connectivity index (χ1n) is 8.95. The van der Waals surface area contributed by atoms with Gasteiger partial charge in [0.15, 0.2) is 23.3 Å². The first-order chi connectivity index (χ1) is 14.9. The van der Waals surface area contributed by atoms with E-state index in [1.807, 2.05) is 0 Å². The van der Waals surface area contributed by atoms with Crippen LogP contribution in [0.5, 0.6) is 5.75 Å². The van der Waals surface area contributed by atoms with Crippen LogP contribution in [0.2, 0.25) is 0 Å². The molecule has 0 bridgehead atoms. The Bertz CT molecular complexity index is 1010. The highest BCUT2D eigenvalue weighted by molar-refractivity contribution is 5.93. The SMILES string of the molecule is CCOC(=O)Cc1ccc(OC)c(CC(=O)Nc2c(F)c(F)c(C(F)(F)F)c(F)c2F)c1. The average molecular weight is 467 g/mol. The first kappa shape index (κ1) is 25.0. The Balaban J connectivity index is 2.32. The number of carbonyl (C=O) groups is 2. The van der Waals surface area contributed by atoms with Crippen LogP contribution in [0.4, 0.5) is 36.4 Å². The average Bonchev–Trinajstić information content (AvgIpc) is 2.69. The molecule has 0 aliphatic rings. The Morgan fingerprint density at radius 3 is 2.06 bits per heavy atom. The minimum atomic E-state index is -5.70. The molecule has 0 aliphatic heterocycles. The van der Waals surface area contributed by atoms with Crippen molar-refractivity contribution >= 4 is 17.6 Å². The zero-order valence-electron chi connectivity index (χ0n) is 16.6. The molecule has 1 amide bonds. The third kappa shape index (κ3) is 5.48. The van der Waals surface area contributed by atoms with Crippen LogP contribution in [0.25, 0.3) is 0 Å². The van der Waals surface area contributed by atoms with E-state index < -0.39 is 59.0 Å². The molecule has 12 heteroatoms. The second-order valence-corrected chi connectivity index (χ2v) is 6.36.